The van der Waals surface area contributed by atoms with Crippen LogP contribution in [0.25, 0.3) is 0 Å². The van der Waals surface area contributed by atoms with E-state index in [1.165, 1.54) is 31.3 Å². The molecule has 4 rings (SSSR count). The molecule has 0 radical (unpaired) electrons. The van der Waals surface area contributed by atoms with Gasteiger partial charge in [0.15, 0.2) is 0 Å². The zero-order valence-corrected chi connectivity index (χ0v) is 8.55. The van der Waals surface area contributed by atoms with Crippen molar-refractivity contribution in [2.24, 2.45) is 22.7 Å². The van der Waals surface area contributed by atoms with E-state index in [2.05, 4.69) is 11.9 Å². The monoisotopic (exact) mass is 177 g/mol. The first-order valence-electron chi connectivity index (χ1n) is 5.94. The van der Waals surface area contributed by atoms with Crippen LogP contribution >= 0.6 is 0 Å². The molecule has 3 aliphatic carbocycles. The second kappa shape index (κ2) is 1.84. The Hall–Kier alpha value is -0.0400. The Morgan fingerprint density at radius 3 is 2.54 bits per heavy atom. The van der Waals surface area contributed by atoms with Crippen molar-refractivity contribution in [3.8, 4) is 0 Å². The molecule has 4 fully saturated rings. The maximum absolute atomic E-state index is 2.57. The van der Waals surface area contributed by atoms with E-state index in [-0.39, 0.29) is 0 Å². The summed E-state index contributed by atoms with van der Waals surface area (Å²) in [6.45, 7) is 2.80. The number of hydrogen-bond donors (Lipinski definition) is 0. The minimum absolute atomic E-state index is 0.815. The molecule has 1 saturated heterocycles. The summed E-state index contributed by atoms with van der Waals surface area (Å²) >= 11 is 0. The predicted molar refractivity (Wildman–Crippen MR) is 52.4 cm³/mol. The maximum atomic E-state index is 2.57. The number of likely N-dealkylation sites (tertiary alicyclic amines) is 1. The lowest BCUT2D eigenvalue weighted by atomic mass is 9.70. The summed E-state index contributed by atoms with van der Waals surface area (Å²) in [6, 6.07) is 0. The van der Waals surface area contributed by atoms with Gasteiger partial charge in [-0.2, -0.15) is 0 Å². The van der Waals surface area contributed by atoms with Gasteiger partial charge in [-0.05, 0) is 68.4 Å². The molecule has 0 aromatic heterocycles. The SMILES string of the molecule is CN1CCC2(CC3CCC34CC24)C1. The van der Waals surface area contributed by atoms with Crippen molar-refractivity contribution < 1.29 is 0 Å². The van der Waals surface area contributed by atoms with Crippen LogP contribution in [0.4, 0.5) is 0 Å². The number of fused-ring (bicyclic) bond motifs is 1. The lowest BCUT2D eigenvalue weighted by Crippen LogP contribution is -2.27. The average Bonchev–Trinajstić information content (AvgIpc) is 2.74. The van der Waals surface area contributed by atoms with Crippen molar-refractivity contribution >= 4 is 0 Å². The summed E-state index contributed by atoms with van der Waals surface area (Å²) in [7, 11) is 2.31. The Kier molecular flexibility index (Phi) is 1.03. The van der Waals surface area contributed by atoms with Crippen molar-refractivity contribution in [3.63, 3.8) is 0 Å². The van der Waals surface area contributed by atoms with E-state index < -0.39 is 0 Å². The molecule has 0 aromatic carbocycles. The number of nitrogens with zero attached hydrogens (tertiary/aromatic N) is 1. The molecule has 13 heavy (non-hydrogen) atoms. The van der Waals surface area contributed by atoms with Crippen LogP contribution in [0.2, 0.25) is 0 Å². The van der Waals surface area contributed by atoms with Crippen LogP contribution in [0.1, 0.15) is 32.1 Å². The summed E-state index contributed by atoms with van der Waals surface area (Å²) < 4.78 is 0. The quantitative estimate of drug-likeness (QED) is 0.548. The molecule has 0 N–H and O–H groups in total. The van der Waals surface area contributed by atoms with E-state index in [9.17, 15) is 0 Å². The maximum Gasteiger partial charge on any atom is 0.00384 e. The van der Waals surface area contributed by atoms with Gasteiger partial charge in [0.1, 0.15) is 0 Å². The molecule has 1 aliphatic heterocycles. The van der Waals surface area contributed by atoms with E-state index in [1.54, 1.807) is 25.7 Å². The van der Waals surface area contributed by atoms with Gasteiger partial charge in [-0.1, -0.05) is 0 Å². The van der Waals surface area contributed by atoms with Crippen LogP contribution in [-0.2, 0) is 0 Å². The Morgan fingerprint density at radius 2 is 2.15 bits per heavy atom. The highest BCUT2D eigenvalue weighted by molar-refractivity contribution is 5.25. The molecule has 1 heterocycles. The van der Waals surface area contributed by atoms with Crippen LogP contribution in [0.15, 0.2) is 0 Å². The number of hydrogen-bond acceptors (Lipinski definition) is 1. The summed E-state index contributed by atoms with van der Waals surface area (Å²) in [5.74, 6) is 2.34. The van der Waals surface area contributed by atoms with Gasteiger partial charge in [0.25, 0.3) is 0 Å². The van der Waals surface area contributed by atoms with Crippen molar-refractivity contribution in [2.45, 2.75) is 32.1 Å². The molecule has 1 heteroatoms. The largest absolute Gasteiger partial charge is 0.306 e. The second-order valence-corrected chi connectivity index (χ2v) is 6.28. The molecule has 0 bridgehead atoms. The molecular formula is C12H19N. The third-order valence-corrected chi connectivity index (χ3v) is 5.86. The Morgan fingerprint density at radius 1 is 1.23 bits per heavy atom. The highest BCUT2D eigenvalue weighted by Crippen LogP contribution is 2.82. The van der Waals surface area contributed by atoms with Crippen LogP contribution in [0.3, 0.4) is 0 Å². The Bertz CT molecular complexity index is 274. The van der Waals surface area contributed by atoms with E-state index >= 15 is 0 Å². The third-order valence-electron chi connectivity index (χ3n) is 5.86. The topological polar surface area (TPSA) is 3.24 Å². The molecule has 3 saturated carbocycles. The van der Waals surface area contributed by atoms with Crippen LogP contribution in [0.5, 0.6) is 0 Å². The van der Waals surface area contributed by atoms with Gasteiger partial charge in [0, 0.05) is 6.54 Å². The second-order valence-electron chi connectivity index (χ2n) is 6.28. The minimum atomic E-state index is 0.815. The minimum Gasteiger partial charge on any atom is -0.306 e. The van der Waals surface area contributed by atoms with Gasteiger partial charge < -0.3 is 4.90 Å². The highest BCUT2D eigenvalue weighted by atomic mass is 15.1. The molecule has 72 valence electrons. The fourth-order valence-corrected chi connectivity index (χ4v) is 5.09. The zero-order chi connectivity index (χ0) is 8.68. The average molecular weight is 177 g/mol. The predicted octanol–water partition coefficient (Wildman–Crippen LogP) is 2.13. The van der Waals surface area contributed by atoms with Gasteiger partial charge in [-0.25, -0.2) is 0 Å². The van der Waals surface area contributed by atoms with Gasteiger partial charge in [0.2, 0.25) is 0 Å². The zero-order valence-electron chi connectivity index (χ0n) is 8.55. The normalized spacial score (nSPS) is 63.5. The van der Waals surface area contributed by atoms with Gasteiger partial charge in [0.05, 0.1) is 0 Å². The summed E-state index contributed by atoms with van der Waals surface area (Å²) in [5.41, 5.74) is 1.75. The fraction of sp³-hybridized carbons (Fsp3) is 1.00. The third kappa shape index (κ3) is 0.643. The van der Waals surface area contributed by atoms with Crippen molar-refractivity contribution in [3.05, 3.63) is 0 Å². The lowest BCUT2D eigenvalue weighted by molar-refractivity contribution is 0.157. The molecule has 4 unspecified atom stereocenters. The van der Waals surface area contributed by atoms with Gasteiger partial charge in [-0.15, -0.1) is 0 Å². The summed E-state index contributed by atoms with van der Waals surface area (Å²) in [6.07, 6.45) is 7.90. The van der Waals surface area contributed by atoms with Gasteiger partial charge in [-0.3, -0.25) is 0 Å². The Balaban J connectivity index is 1.69. The fourth-order valence-electron chi connectivity index (χ4n) is 5.09. The van der Waals surface area contributed by atoms with Crippen molar-refractivity contribution in [1.82, 2.24) is 4.90 Å². The van der Waals surface area contributed by atoms with E-state index in [1.807, 2.05) is 0 Å². The van der Waals surface area contributed by atoms with Crippen LogP contribution in [0, 0.1) is 22.7 Å². The highest BCUT2D eigenvalue weighted by Gasteiger charge is 2.75. The van der Waals surface area contributed by atoms with Crippen molar-refractivity contribution in [1.29, 1.82) is 0 Å². The molecule has 0 aromatic rings. The van der Waals surface area contributed by atoms with Gasteiger partial charge >= 0.3 is 0 Å². The van der Waals surface area contributed by atoms with Crippen LogP contribution < -0.4 is 0 Å². The Labute approximate surface area is 80.5 Å². The first kappa shape index (κ1) is 7.28. The molecule has 1 nitrogen and oxygen atoms in total. The lowest BCUT2D eigenvalue weighted by Gasteiger charge is -2.34. The summed E-state index contributed by atoms with van der Waals surface area (Å²) in [4.78, 5) is 2.57. The standard InChI is InChI=1S/C12H19N/c1-13-5-4-11(8-13)6-9-2-3-12(9)7-10(11)12/h9-10H,2-8H2,1H3. The number of rotatable bonds is 0. The first-order chi connectivity index (χ1) is 6.25. The van der Waals surface area contributed by atoms with Crippen molar-refractivity contribution in [2.75, 3.05) is 20.1 Å². The molecular weight excluding hydrogens is 158 g/mol. The van der Waals surface area contributed by atoms with Crippen LogP contribution in [-0.4, -0.2) is 25.0 Å². The molecule has 0 amide bonds. The van der Waals surface area contributed by atoms with E-state index in [0.29, 0.717) is 0 Å². The van der Waals surface area contributed by atoms with E-state index in [0.717, 1.165) is 10.8 Å². The van der Waals surface area contributed by atoms with E-state index in [4.69, 9.17) is 0 Å². The smallest absolute Gasteiger partial charge is 0.00384 e. The molecule has 4 aliphatic rings. The molecule has 2 spiro atoms. The molecule has 4 atom stereocenters. The first-order valence-corrected chi connectivity index (χ1v) is 5.94. The summed E-state index contributed by atoms with van der Waals surface area (Å²) in [5, 5.41) is 0.